The summed E-state index contributed by atoms with van der Waals surface area (Å²) in [6.45, 7) is 3.63. The number of hydrogen-bond donors (Lipinski definition) is 1. The van der Waals surface area contributed by atoms with E-state index in [1.165, 1.54) is 17.0 Å². The molecule has 0 heterocycles. The quantitative estimate of drug-likeness (QED) is 0.250. The number of nitrogens with zero attached hydrogens (tertiary/aromatic N) is 2. The third-order valence-corrected chi connectivity index (χ3v) is 8.57. The minimum atomic E-state index is -4.28. The van der Waals surface area contributed by atoms with E-state index < -0.39 is 34.3 Å². The number of carbonyl (C=O) groups excluding carboxylic acids is 2. The Labute approximate surface area is 246 Å². The number of nitrogens with one attached hydrogen (secondary N) is 1. The summed E-state index contributed by atoms with van der Waals surface area (Å²) < 4.78 is 42.4. The molecule has 0 bridgehead atoms. The highest BCUT2D eigenvalue weighted by Gasteiger charge is 2.34. The van der Waals surface area contributed by atoms with Gasteiger partial charge in [0.25, 0.3) is 10.0 Å². The molecule has 0 aliphatic carbocycles. The molecule has 0 fully saturated rings. The van der Waals surface area contributed by atoms with Crippen molar-refractivity contribution in [2.24, 2.45) is 0 Å². The average molecular weight is 588 g/mol. The van der Waals surface area contributed by atoms with Gasteiger partial charge in [0.15, 0.2) is 0 Å². The lowest BCUT2D eigenvalue weighted by atomic mass is 10.0. The molecule has 0 spiro atoms. The molecule has 42 heavy (non-hydrogen) atoms. The van der Waals surface area contributed by atoms with Crippen LogP contribution in [-0.4, -0.2) is 44.3 Å². The summed E-state index contributed by atoms with van der Waals surface area (Å²) in [7, 11) is -4.28. The second-order valence-electron chi connectivity index (χ2n) is 9.91. The van der Waals surface area contributed by atoms with Crippen molar-refractivity contribution in [3.63, 3.8) is 0 Å². The van der Waals surface area contributed by atoms with Crippen LogP contribution in [0.1, 0.15) is 23.6 Å². The van der Waals surface area contributed by atoms with Crippen LogP contribution in [-0.2, 0) is 32.6 Å². The fourth-order valence-corrected chi connectivity index (χ4v) is 6.12. The second kappa shape index (κ2) is 13.9. The third-order valence-electron chi connectivity index (χ3n) is 6.78. The van der Waals surface area contributed by atoms with Crippen LogP contribution in [0, 0.1) is 12.7 Å². The standard InChI is InChI=1S/C33H34FN3O4S/c1-3-35-33(39)31(22-26-12-6-4-7-13-26)36(23-27-14-10-11-25(2)21-27)32(38)24-37(29-15-8-5-9-16-29)42(40,41)30-19-17-28(34)18-20-30/h4-21,31H,3,22-24H2,1-2H3,(H,35,39). The van der Waals surface area contributed by atoms with Crippen LogP contribution in [0.2, 0.25) is 0 Å². The predicted molar refractivity (Wildman–Crippen MR) is 162 cm³/mol. The number of rotatable bonds is 12. The highest BCUT2D eigenvalue weighted by Crippen LogP contribution is 2.25. The molecule has 0 aliphatic heterocycles. The van der Waals surface area contributed by atoms with Crippen LogP contribution >= 0.6 is 0 Å². The molecule has 0 saturated carbocycles. The van der Waals surface area contributed by atoms with Crippen molar-refractivity contribution in [2.45, 2.75) is 37.8 Å². The number of hydrogen-bond acceptors (Lipinski definition) is 4. The summed E-state index contributed by atoms with van der Waals surface area (Å²) in [5.74, 6) is -1.47. The molecular weight excluding hydrogens is 553 g/mol. The molecular formula is C33H34FN3O4S. The Morgan fingerprint density at radius 3 is 2.07 bits per heavy atom. The van der Waals surface area contributed by atoms with Crippen LogP contribution in [0.5, 0.6) is 0 Å². The zero-order valence-corrected chi connectivity index (χ0v) is 24.4. The predicted octanol–water partition coefficient (Wildman–Crippen LogP) is 5.11. The SMILES string of the molecule is CCNC(=O)C(Cc1ccccc1)N(Cc1cccc(C)c1)C(=O)CN(c1ccccc1)S(=O)(=O)c1ccc(F)cc1. The Kier molecular flexibility index (Phi) is 10.1. The molecule has 1 N–H and O–H groups in total. The van der Waals surface area contributed by atoms with Gasteiger partial charge >= 0.3 is 0 Å². The lowest BCUT2D eigenvalue weighted by Gasteiger charge is -2.34. The Hall–Kier alpha value is -4.50. The second-order valence-corrected chi connectivity index (χ2v) is 11.8. The van der Waals surface area contributed by atoms with Gasteiger partial charge in [-0.25, -0.2) is 12.8 Å². The van der Waals surface area contributed by atoms with Gasteiger partial charge in [0.2, 0.25) is 11.8 Å². The smallest absolute Gasteiger partial charge is 0.264 e. The van der Waals surface area contributed by atoms with Gasteiger partial charge in [-0.05, 0) is 61.4 Å². The molecule has 218 valence electrons. The minimum Gasteiger partial charge on any atom is -0.355 e. The van der Waals surface area contributed by atoms with E-state index in [2.05, 4.69) is 5.32 Å². The molecule has 9 heteroatoms. The molecule has 4 aromatic rings. The monoisotopic (exact) mass is 587 g/mol. The van der Waals surface area contributed by atoms with Crippen molar-refractivity contribution >= 4 is 27.5 Å². The molecule has 0 radical (unpaired) electrons. The molecule has 7 nitrogen and oxygen atoms in total. The molecule has 4 rings (SSSR count). The van der Waals surface area contributed by atoms with Crippen LogP contribution in [0.15, 0.2) is 114 Å². The van der Waals surface area contributed by atoms with E-state index in [9.17, 15) is 22.4 Å². The number of likely N-dealkylation sites (N-methyl/N-ethyl adjacent to an activating group) is 1. The first-order chi connectivity index (χ1) is 20.2. The first-order valence-corrected chi connectivity index (χ1v) is 15.1. The van der Waals surface area contributed by atoms with E-state index in [1.54, 1.807) is 37.3 Å². The summed E-state index contributed by atoms with van der Waals surface area (Å²) in [6, 6.07) is 28.8. The summed E-state index contributed by atoms with van der Waals surface area (Å²) >= 11 is 0. The zero-order valence-electron chi connectivity index (χ0n) is 23.6. The third kappa shape index (κ3) is 7.61. The maximum atomic E-state index is 14.3. The summed E-state index contributed by atoms with van der Waals surface area (Å²) in [6.07, 6.45) is 0.236. The van der Waals surface area contributed by atoms with Crippen molar-refractivity contribution < 1.29 is 22.4 Å². The highest BCUT2D eigenvalue weighted by atomic mass is 32.2. The number of anilines is 1. The van der Waals surface area contributed by atoms with Crippen LogP contribution in [0.3, 0.4) is 0 Å². The lowest BCUT2D eigenvalue weighted by molar-refractivity contribution is -0.140. The average Bonchev–Trinajstić information content (AvgIpc) is 2.99. The van der Waals surface area contributed by atoms with Gasteiger partial charge in [-0.1, -0.05) is 78.4 Å². The topological polar surface area (TPSA) is 86.8 Å². The number of amides is 2. The Bertz CT molecular complexity index is 1600. The maximum Gasteiger partial charge on any atom is 0.264 e. The number of halogens is 1. The zero-order chi connectivity index (χ0) is 30.1. The van der Waals surface area contributed by atoms with E-state index in [1.807, 2.05) is 61.5 Å². The number of para-hydroxylation sites is 1. The minimum absolute atomic E-state index is 0.0916. The van der Waals surface area contributed by atoms with Crippen molar-refractivity contribution in [1.82, 2.24) is 10.2 Å². The molecule has 4 aromatic carbocycles. The fraction of sp³-hybridized carbons (Fsp3) is 0.212. The summed E-state index contributed by atoms with van der Waals surface area (Å²) in [5.41, 5.74) is 2.92. The van der Waals surface area contributed by atoms with Crippen LogP contribution in [0.25, 0.3) is 0 Å². The summed E-state index contributed by atoms with van der Waals surface area (Å²) in [4.78, 5) is 29.0. The molecule has 0 aromatic heterocycles. The number of aryl methyl sites for hydroxylation is 1. The number of carbonyl (C=O) groups is 2. The first-order valence-electron chi connectivity index (χ1n) is 13.7. The molecule has 1 atom stereocenters. The Balaban J connectivity index is 1.78. The Morgan fingerprint density at radius 1 is 0.833 bits per heavy atom. The van der Waals surface area contributed by atoms with Crippen molar-refractivity contribution in [2.75, 3.05) is 17.4 Å². The first kappa shape index (κ1) is 30.5. The van der Waals surface area contributed by atoms with E-state index in [0.29, 0.717) is 6.54 Å². The van der Waals surface area contributed by atoms with E-state index in [4.69, 9.17) is 0 Å². The van der Waals surface area contributed by atoms with Gasteiger partial charge in [-0.3, -0.25) is 13.9 Å². The molecule has 1 unspecified atom stereocenters. The van der Waals surface area contributed by atoms with Crippen molar-refractivity contribution in [3.05, 3.63) is 132 Å². The van der Waals surface area contributed by atoms with Gasteiger partial charge in [-0.2, -0.15) is 0 Å². The number of benzene rings is 4. The van der Waals surface area contributed by atoms with E-state index in [0.717, 1.165) is 33.1 Å². The maximum absolute atomic E-state index is 14.3. The lowest BCUT2D eigenvalue weighted by Crippen LogP contribution is -2.53. The molecule has 0 aliphatic rings. The van der Waals surface area contributed by atoms with Crippen molar-refractivity contribution in [1.29, 1.82) is 0 Å². The summed E-state index contributed by atoms with van der Waals surface area (Å²) in [5, 5.41) is 2.84. The van der Waals surface area contributed by atoms with Gasteiger partial charge in [0.05, 0.1) is 10.6 Å². The Morgan fingerprint density at radius 2 is 1.45 bits per heavy atom. The largest absolute Gasteiger partial charge is 0.355 e. The van der Waals surface area contributed by atoms with Gasteiger partial charge in [0.1, 0.15) is 18.4 Å². The van der Waals surface area contributed by atoms with Crippen molar-refractivity contribution in [3.8, 4) is 0 Å². The fourth-order valence-electron chi connectivity index (χ4n) is 4.71. The van der Waals surface area contributed by atoms with E-state index in [-0.39, 0.29) is 29.5 Å². The van der Waals surface area contributed by atoms with E-state index >= 15 is 0 Å². The highest BCUT2D eigenvalue weighted by molar-refractivity contribution is 7.92. The number of sulfonamides is 1. The van der Waals surface area contributed by atoms with Gasteiger partial charge < -0.3 is 10.2 Å². The molecule has 2 amide bonds. The normalized spacial score (nSPS) is 11.9. The van der Waals surface area contributed by atoms with Crippen LogP contribution in [0.4, 0.5) is 10.1 Å². The van der Waals surface area contributed by atoms with Gasteiger partial charge in [0, 0.05) is 19.5 Å². The van der Waals surface area contributed by atoms with Crippen LogP contribution < -0.4 is 9.62 Å². The molecule has 0 saturated heterocycles. The van der Waals surface area contributed by atoms with Gasteiger partial charge in [-0.15, -0.1) is 0 Å².